The van der Waals surface area contributed by atoms with Gasteiger partial charge in [0.2, 0.25) is 0 Å². The second-order valence-electron chi connectivity index (χ2n) is 5.98. The molecule has 0 radical (unpaired) electrons. The Bertz CT molecular complexity index is 146. The maximum absolute atomic E-state index is 3.59. The van der Waals surface area contributed by atoms with Crippen molar-refractivity contribution in [2.75, 3.05) is 13.1 Å². The summed E-state index contributed by atoms with van der Waals surface area (Å²) in [6, 6.07) is 0. The molecular formula is C12H25N. The van der Waals surface area contributed by atoms with Crippen LogP contribution in [0.25, 0.3) is 0 Å². The molecule has 0 aromatic heterocycles. The van der Waals surface area contributed by atoms with Gasteiger partial charge >= 0.3 is 0 Å². The van der Waals surface area contributed by atoms with Gasteiger partial charge in [-0.3, -0.25) is 0 Å². The highest BCUT2D eigenvalue weighted by Gasteiger charge is 2.21. The number of nitrogens with one attached hydrogen (secondary N) is 1. The summed E-state index contributed by atoms with van der Waals surface area (Å²) in [6.07, 6.45) is 4.33. The Morgan fingerprint density at radius 3 is 2.38 bits per heavy atom. The standard InChI is InChI=1S/C12H25N/c1-10-5-6-11(7-10)8-13-9-12(2,3)4/h10-11,13H,5-9H2,1-4H3. The molecule has 0 heterocycles. The SMILES string of the molecule is CC1CCC(CNCC(C)(C)C)C1. The molecule has 1 nitrogen and oxygen atoms in total. The molecular weight excluding hydrogens is 158 g/mol. The van der Waals surface area contributed by atoms with Crippen molar-refractivity contribution in [1.82, 2.24) is 5.32 Å². The van der Waals surface area contributed by atoms with Gasteiger partial charge in [0.1, 0.15) is 0 Å². The fraction of sp³-hybridized carbons (Fsp3) is 1.00. The van der Waals surface area contributed by atoms with Crippen LogP contribution in [0.2, 0.25) is 0 Å². The van der Waals surface area contributed by atoms with E-state index in [1.807, 2.05) is 0 Å². The summed E-state index contributed by atoms with van der Waals surface area (Å²) >= 11 is 0. The summed E-state index contributed by atoms with van der Waals surface area (Å²) < 4.78 is 0. The van der Waals surface area contributed by atoms with Gasteiger partial charge in [0.15, 0.2) is 0 Å². The Labute approximate surface area is 83.3 Å². The van der Waals surface area contributed by atoms with E-state index in [-0.39, 0.29) is 0 Å². The van der Waals surface area contributed by atoms with E-state index in [2.05, 4.69) is 33.0 Å². The van der Waals surface area contributed by atoms with Gasteiger partial charge in [0, 0.05) is 0 Å². The molecule has 0 amide bonds. The summed E-state index contributed by atoms with van der Waals surface area (Å²) in [5, 5.41) is 3.59. The fourth-order valence-electron chi connectivity index (χ4n) is 2.16. The topological polar surface area (TPSA) is 12.0 Å². The maximum atomic E-state index is 3.59. The summed E-state index contributed by atoms with van der Waals surface area (Å²) in [6.45, 7) is 11.6. The highest BCUT2D eigenvalue weighted by Crippen LogP contribution is 2.29. The minimum atomic E-state index is 0.435. The third kappa shape index (κ3) is 4.66. The second-order valence-corrected chi connectivity index (χ2v) is 5.98. The van der Waals surface area contributed by atoms with Crippen LogP contribution in [0.3, 0.4) is 0 Å². The molecule has 1 aliphatic rings. The van der Waals surface area contributed by atoms with Gasteiger partial charge in [-0.2, -0.15) is 0 Å². The molecule has 78 valence electrons. The lowest BCUT2D eigenvalue weighted by Gasteiger charge is -2.20. The average molecular weight is 183 g/mol. The first-order chi connectivity index (χ1) is 5.97. The zero-order valence-electron chi connectivity index (χ0n) is 9.69. The monoisotopic (exact) mass is 183 g/mol. The van der Waals surface area contributed by atoms with E-state index in [1.165, 1.54) is 25.8 Å². The summed E-state index contributed by atoms with van der Waals surface area (Å²) in [5.74, 6) is 1.93. The zero-order chi connectivity index (χ0) is 9.90. The van der Waals surface area contributed by atoms with E-state index >= 15 is 0 Å². The van der Waals surface area contributed by atoms with Crippen molar-refractivity contribution < 1.29 is 0 Å². The molecule has 1 saturated carbocycles. The van der Waals surface area contributed by atoms with Gasteiger partial charge in [-0.05, 0) is 43.2 Å². The third-order valence-electron chi connectivity index (χ3n) is 2.89. The van der Waals surface area contributed by atoms with Gasteiger partial charge in [0.05, 0.1) is 0 Å². The molecule has 1 heteroatoms. The fourth-order valence-corrected chi connectivity index (χ4v) is 2.16. The van der Waals surface area contributed by atoms with Crippen LogP contribution >= 0.6 is 0 Å². The van der Waals surface area contributed by atoms with E-state index in [0.29, 0.717) is 5.41 Å². The Kier molecular flexibility index (Phi) is 3.78. The van der Waals surface area contributed by atoms with E-state index in [1.54, 1.807) is 0 Å². The van der Waals surface area contributed by atoms with Crippen molar-refractivity contribution in [2.45, 2.75) is 47.0 Å². The summed E-state index contributed by atoms with van der Waals surface area (Å²) in [4.78, 5) is 0. The van der Waals surface area contributed by atoms with Crippen LogP contribution in [0, 0.1) is 17.3 Å². The molecule has 1 rings (SSSR count). The molecule has 0 aromatic carbocycles. The molecule has 1 N–H and O–H groups in total. The maximum Gasteiger partial charge on any atom is -0.000000944 e. The van der Waals surface area contributed by atoms with Crippen LogP contribution < -0.4 is 5.32 Å². The Balaban J connectivity index is 2.07. The lowest BCUT2D eigenvalue weighted by molar-refractivity contribution is 0.357. The predicted molar refractivity (Wildman–Crippen MR) is 58.8 cm³/mol. The van der Waals surface area contributed by atoms with Crippen molar-refractivity contribution in [3.05, 3.63) is 0 Å². The summed E-state index contributed by atoms with van der Waals surface area (Å²) in [5.41, 5.74) is 0.435. The smallest absolute Gasteiger partial charge is 0.000000944 e. The van der Waals surface area contributed by atoms with Crippen LogP contribution in [0.15, 0.2) is 0 Å². The van der Waals surface area contributed by atoms with Gasteiger partial charge in [-0.15, -0.1) is 0 Å². The van der Waals surface area contributed by atoms with Crippen LogP contribution in [0.5, 0.6) is 0 Å². The van der Waals surface area contributed by atoms with Gasteiger partial charge in [-0.25, -0.2) is 0 Å². The van der Waals surface area contributed by atoms with Gasteiger partial charge < -0.3 is 5.32 Å². The molecule has 0 aliphatic heterocycles. The Morgan fingerprint density at radius 1 is 1.23 bits per heavy atom. The zero-order valence-corrected chi connectivity index (χ0v) is 9.69. The lowest BCUT2D eigenvalue weighted by atomic mass is 9.96. The quantitative estimate of drug-likeness (QED) is 0.709. The van der Waals surface area contributed by atoms with Crippen molar-refractivity contribution in [2.24, 2.45) is 17.3 Å². The van der Waals surface area contributed by atoms with Crippen LogP contribution in [0.1, 0.15) is 47.0 Å². The first-order valence-electron chi connectivity index (χ1n) is 5.68. The molecule has 0 bridgehead atoms. The van der Waals surface area contributed by atoms with E-state index in [4.69, 9.17) is 0 Å². The van der Waals surface area contributed by atoms with Gasteiger partial charge in [0.25, 0.3) is 0 Å². The predicted octanol–water partition coefficient (Wildman–Crippen LogP) is 3.06. The first-order valence-corrected chi connectivity index (χ1v) is 5.68. The third-order valence-corrected chi connectivity index (χ3v) is 2.89. The normalized spacial score (nSPS) is 29.5. The molecule has 13 heavy (non-hydrogen) atoms. The molecule has 0 aromatic rings. The van der Waals surface area contributed by atoms with E-state index in [9.17, 15) is 0 Å². The number of hydrogen-bond acceptors (Lipinski definition) is 1. The number of rotatable bonds is 3. The van der Waals surface area contributed by atoms with Crippen molar-refractivity contribution in [1.29, 1.82) is 0 Å². The van der Waals surface area contributed by atoms with Crippen LogP contribution in [-0.2, 0) is 0 Å². The van der Waals surface area contributed by atoms with Crippen molar-refractivity contribution >= 4 is 0 Å². The molecule has 0 spiro atoms. The highest BCUT2D eigenvalue weighted by atomic mass is 14.9. The summed E-state index contributed by atoms with van der Waals surface area (Å²) in [7, 11) is 0. The van der Waals surface area contributed by atoms with E-state index in [0.717, 1.165) is 18.4 Å². The van der Waals surface area contributed by atoms with E-state index < -0.39 is 0 Å². The Hall–Kier alpha value is -0.0400. The second kappa shape index (κ2) is 4.45. The molecule has 0 saturated heterocycles. The minimum absolute atomic E-state index is 0.435. The van der Waals surface area contributed by atoms with Crippen LogP contribution in [-0.4, -0.2) is 13.1 Å². The molecule has 1 aliphatic carbocycles. The highest BCUT2D eigenvalue weighted by molar-refractivity contribution is 4.75. The van der Waals surface area contributed by atoms with Crippen molar-refractivity contribution in [3.63, 3.8) is 0 Å². The molecule has 2 unspecified atom stereocenters. The largest absolute Gasteiger partial charge is 0.316 e. The minimum Gasteiger partial charge on any atom is -0.316 e. The number of hydrogen-bond donors (Lipinski definition) is 1. The average Bonchev–Trinajstić information content (AvgIpc) is 2.33. The Morgan fingerprint density at radius 2 is 1.92 bits per heavy atom. The van der Waals surface area contributed by atoms with Crippen LogP contribution in [0.4, 0.5) is 0 Å². The lowest BCUT2D eigenvalue weighted by Crippen LogP contribution is -2.30. The van der Waals surface area contributed by atoms with Crippen molar-refractivity contribution in [3.8, 4) is 0 Å². The first kappa shape index (κ1) is 11.0. The molecule has 2 atom stereocenters. The molecule has 1 fully saturated rings. The van der Waals surface area contributed by atoms with Gasteiger partial charge in [-0.1, -0.05) is 34.1 Å².